The molecule has 1 aromatic rings. The fourth-order valence-electron chi connectivity index (χ4n) is 2.50. The van der Waals surface area contributed by atoms with Crippen LogP contribution in [0.1, 0.15) is 29.6 Å². The number of hydrogen-bond acceptors (Lipinski definition) is 6. The highest BCUT2D eigenvalue weighted by molar-refractivity contribution is 8.77. The summed E-state index contributed by atoms with van der Waals surface area (Å²) in [5.41, 5.74) is 0.348. The lowest BCUT2D eigenvalue weighted by atomic mass is 9.96. The van der Waals surface area contributed by atoms with E-state index in [9.17, 15) is 14.9 Å². The number of fused-ring (bicyclic) bond motifs is 2. The number of nitrogens with zero attached hydrogens (tertiary/aromatic N) is 1. The fourth-order valence-corrected chi connectivity index (χ4v) is 6.21. The Bertz CT molecular complexity index is 518. The van der Waals surface area contributed by atoms with Gasteiger partial charge >= 0.3 is 5.97 Å². The van der Waals surface area contributed by atoms with Gasteiger partial charge in [-0.3, -0.25) is 10.1 Å². The maximum atomic E-state index is 12.1. The Morgan fingerprint density at radius 3 is 2.35 bits per heavy atom. The van der Waals surface area contributed by atoms with Crippen molar-refractivity contribution in [3.05, 3.63) is 39.9 Å². The minimum atomic E-state index is -0.482. The zero-order chi connectivity index (χ0) is 14.1. The largest absolute Gasteiger partial charge is 0.456 e. The Hall–Kier alpha value is -1.21. The zero-order valence-electron chi connectivity index (χ0n) is 10.6. The molecule has 1 saturated heterocycles. The molecule has 1 aliphatic heterocycles. The van der Waals surface area contributed by atoms with Crippen LogP contribution < -0.4 is 0 Å². The average molecular weight is 311 g/mol. The maximum Gasteiger partial charge on any atom is 0.338 e. The second-order valence-electron chi connectivity index (χ2n) is 4.87. The number of carbonyl (C=O) groups excluding carboxylic acids is 1. The van der Waals surface area contributed by atoms with E-state index < -0.39 is 4.92 Å². The van der Waals surface area contributed by atoms with Crippen LogP contribution in [-0.4, -0.2) is 27.5 Å². The van der Waals surface area contributed by atoms with Crippen LogP contribution in [0.15, 0.2) is 24.3 Å². The predicted molar refractivity (Wildman–Crippen MR) is 78.9 cm³/mol. The van der Waals surface area contributed by atoms with Crippen molar-refractivity contribution in [2.45, 2.75) is 35.9 Å². The van der Waals surface area contributed by atoms with Gasteiger partial charge in [0.05, 0.1) is 21.0 Å². The third kappa shape index (κ3) is 2.64. The molecule has 20 heavy (non-hydrogen) atoms. The minimum Gasteiger partial charge on any atom is -0.456 e. The van der Waals surface area contributed by atoms with Crippen LogP contribution in [0, 0.1) is 10.1 Å². The summed E-state index contributed by atoms with van der Waals surface area (Å²) in [6.45, 7) is 0. The number of nitro benzene ring substituents is 1. The molecule has 1 heterocycles. The van der Waals surface area contributed by atoms with E-state index in [-0.39, 0.29) is 17.8 Å². The van der Waals surface area contributed by atoms with Gasteiger partial charge in [0.2, 0.25) is 0 Å². The standard InChI is InChI=1S/C13H13NO4S2/c15-13(8-4-6-9(7-5-8)14(16)17)18-12-10-2-1-3-11(12)20-19-10/h4-7,10-12H,1-3H2/t10-,11+,12?. The smallest absolute Gasteiger partial charge is 0.338 e. The average Bonchev–Trinajstić information content (AvgIpc) is 2.68. The summed E-state index contributed by atoms with van der Waals surface area (Å²) in [5.74, 6) is -0.384. The van der Waals surface area contributed by atoms with Crippen LogP contribution in [0.5, 0.6) is 0 Å². The highest BCUT2D eigenvalue weighted by Gasteiger charge is 2.43. The highest BCUT2D eigenvalue weighted by Crippen LogP contribution is 2.52. The van der Waals surface area contributed by atoms with Crippen molar-refractivity contribution in [2.75, 3.05) is 0 Å². The van der Waals surface area contributed by atoms with E-state index >= 15 is 0 Å². The van der Waals surface area contributed by atoms with Gasteiger partial charge in [-0.25, -0.2) is 4.79 Å². The van der Waals surface area contributed by atoms with E-state index in [1.165, 1.54) is 30.7 Å². The first-order valence-corrected chi connectivity index (χ1v) is 8.70. The van der Waals surface area contributed by atoms with Crippen LogP contribution >= 0.6 is 21.6 Å². The number of hydrogen-bond donors (Lipinski definition) is 0. The van der Waals surface area contributed by atoms with Crippen LogP contribution in [0.25, 0.3) is 0 Å². The summed E-state index contributed by atoms with van der Waals surface area (Å²) in [4.78, 5) is 22.2. The SMILES string of the molecule is O=C(OC1[C@@H]2CCC[C@H]1SS2)c1ccc([N+](=O)[O-])cc1. The molecule has 106 valence electrons. The van der Waals surface area contributed by atoms with E-state index in [0.29, 0.717) is 16.1 Å². The monoisotopic (exact) mass is 311 g/mol. The lowest BCUT2D eigenvalue weighted by molar-refractivity contribution is -0.384. The number of carbonyl (C=O) groups is 1. The number of non-ortho nitro benzene ring substituents is 1. The number of nitro groups is 1. The van der Waals surface area contributed by atoms with Crippen molar-refractivity contribution in [3.63, 3.8) is 0 Å². The Morgan fingerprint density at radius 2 is 1.80 bits per heavy atom. The molecule has 1 saturated carbocycles. The molecule has 0 radical (unpaired) electrons. The topological polar surface area (TPSA) is 69.4 Å². The maximum absolute atomic E-state index is 12.1. The van der Waals surface area contributed by atoms with E-state index in [4.69, 9.17) is 4.74 Å². The molecule has 0 N–H and O–H groups in total. The van der Waals surface area contributed by atoms with Gasteiger partial charge in [0.25, 0.3) is 5.69 Å². The quantitative estimate of drug-likeness (QED) is 0.368. The molecular weight excluding hydrogens is 298 g/mol. The molecule has 3 rings (SSSR count). The summed E-state index contributed by atoms with van der Waals surface area (Å²) >= 11 is 0. The minimum absolute atomic E-state index is 0.0228. The van der Waals surface area contributed by atoms with Gasteiger partial charge in [-0.2, -0.15) is 0 Å². The summed E-state index contributed by atoms with van der Waals surface area (Å²) in [6, 6.07) is 5.56. The Labute approximate surface area is 124 Å². The Morgan fingerprint density at radius 1 is 1.20 bits per heavy atom. The molecule has 7 heteroatoms. The van der Waals surface area contributed by atoms with Crippen LogP contribution in [0.3, 0.4) is 0 Å². The highest BCUT2D eigenvalue weighted by atomic mass is 33.1. The first kappa shape index (κ1) is 13.8. The number of benzene rings is 1. The molecule has 3 atom stereocenters. The van der Waals surface area contributed by atoms with Crippen molar-refractivity contribution in [3.8, 4) is 0 Å². The van der Waals surface area contributed by atoms with Gasteiger partial charge in [0.1, 0.15) is 6.10 Å². The predicted octanol–water partition coefficient (Wildman–Crippen LogP) is 3.44. The molecule has 0 spiro atoms. The van der Waals surface area contributed by atoms with E-state index in [1.807, 2.05) is 21.6 Å². The van der Waals surface area contributed by atoms with Crippen LogP contribution in [0.2, 0.25) is 0 Å². The summed E-state index contributed by atoms with van der Waals surface area (Å²) in [5, 5.41) is 11.4. The van der Waals surface area contributed by atoms with Crippen LogP contribution in [-0.2, 0) is 4.74 Å². The lowest BCUT2D eigenvalue weighted by Crippen LogP contribution is -2.36. The third-order valence-corrected chi connectivity index (χ3v) is 7.00. The third-order valence-electron chi connectivity index (χ3n) is 3.57. The molecular formula is C13H13NO4S2. The molecule has 2 bridgehead atoms. The molecule has 1 unspecified atom stereocenters. The second-order valence-corrected chi connectivity index (χ2v) is 7.62. The van der Waals surface area contributed by atoms with Gasteiger partial charge in [0, 0.05) is 12.1 Å². The molecule has 1 aliphatic carbocycles. The van der Waals surface area contributed by atoms with Gasteiger partial charge in [-0.1, -0.05) is 28.0 Å². The summed E-state index contributed by atoms with van der Waals surface area (Å²) in [7, 11) is 3.63. The van der Waals surface area contributed by atoms with Crippen molar-refractivity contribution in [1.82, 2.24) is 0 Å². The number of esters is 1. The zero-order valence-corrected chi connectivity index (χ0v) is 12.2. The molecule has 2 aliphatic rings. The lowest BCUT2D eigenvalue weighted by Gasteiger charge is -2.27. The van der Waals surface area contributed by atoms with Gasteiger partial charge in [0.15, 0.2) is 0 Å². The molecule has 0 amide bonds. The van der Waals surface area contributed by atoms with Crippen molar-refractivity contribution in [1.29, 1.82) is 0 Å². The first-order valence-electron chi connectivity index (χ1n) is 6.43. The summed E-state index contributed by atoms with van der Waals surface area (Å²) in [6.07, 6.45) is 3.35. The number of rotatable bonds is 3. The molecule has 2 fully saturated rings. The van der Waals surface area contributed by atoms with Gasteiger partial charge in [-0.05, 0) is 25.0 Å². The van der Waals surface area contributed by atoms with Crippen molar-refractivity contribution < 1.29 is 14.5 Å². The second kappa shape index (κ2) is 5.65. The Kier molecular flexibility index (Phi) is 3.89. The normalized spacial score (nSPS) is 28.1. The van der Waals surface area contributed by atoms with Gasteiger partial charge in [-0.15, -0.1) is 0 Å². The van der Waals surface area contributed by atoms with E-state index in [1.54, 1.807) is 0 Å². The van der Waals surface area contributed by atoms with Crippen molar-refractivity contribution in [2.24, 2.45) is 0 Å². The van der Waals surface area contributed by atoms with E-state index in [0.717, 1.165) is 12.8 Å². The fraction of sp³-hybridized carbons (Fsp3) is 0.462. The Balaban J connectivity index is 1.68. The molecule has 0 aromatic heterocycles. The molecule has 1 aromatic carbocycles. The van der Waals surface area contributed by atoms with E-state index in [2.05, 4.69) is 0 Å². The van der Waals surface area contributed by atoms with Crippen LogP contribution in [0.4, 0.5) is 5.69 Å². The number of ether oxygens (including phenoxy) is 1. The first-order chi connectivity index (χ1) is 9.65. The summed E-state index contributed by atoms with van der Waals surface area (Å²) < 4.78 is 5.61. The van der Waals surface area contributed by atoms with Crippen molar-refractivity contribution >= 4 is 33.2 Å². The van der Waals surface area contributed by atoms with Gasteiger partial charge < -0.3 is 4.74 Å². The molecule has 5 nitrogen and oxygen atoms in total.